The Morgan fingerprint density at radius 3 is 2.47 bits per heavy atom. The van der Waals surface area contributed by atoms with E-state index in [-0.39, 0.29) is 22.5 Å². The Hall–Kier alpha value is -2.46. The molecule has 1 N–H and O–H groups in total. The number of hydrogen-bond donors (Lipinski definition) is 1. The molecule has 1 aromatic heterocycles. The van der Waals surface area contributed by atoms with Crippen molar-refractivity contribution in [2.24, 2.45) is 0 Å². The molecule has 162 valence electrons. The fourth-order valence-corrected chi connectivity index (χ4v) is 4.82. The molecule has 0 radical (unpaired) electrons. The van der Waals surface area contributed by atoms with Crippen molar-refractivity contribution in [2.75, 3.05) is 34.3 Å². The Morgan fingerprint density at radius 1 is 1.17 bits per heavy atom. The Balaban J connectivity index is 1.47. The second-order valence-electron chi connectivity index (χ2n) is 8.07. The van der Waals surface area contributed by atoms with Gasteiger partial charge in [0.25, 0.3) is 5.91 Å². The highest BCUT2D eigenvalue weighted by molar-refractivity contribution is 7.89. The van der Waals surface area contributed by atoms with Gasteiger partial charge in [-0.25, -0.2) is 17.7 Å². The monoisotopic (exact) mass is 433 g/mol. The summed E-state index contributed by atoms with van der Waals surface area (Å²) in [6.45, 7) is 1.18. The Labute approximate surface area is 176 Å². The van der Waals surface area contributed by atoms with Gasteiger partial charge in [0.1, 0.15) is 16.5 Å². The van der Waals surface area contributed by atoms with E-state index in [9.17, 15) is 13.2 Å². The first-order valence-corrected chi connectivity index (χ1v) is 11.6. The average Bonchev–Trinajstić information content (AvgIpc) is 3.49. The lowest BCUT2D eigenvalue weighted by Crippen LogP contribution is -2.38. The van der Waals surface area contributed by atoms with Crippen LogP contribution in [0.15, 0.2) is 23.1 Å². The van der Waals surface area contributed by atoms with E-state index in [4.69, 9.17) is 4.74 Å². The molecule has 1 saturated carbocycles. The van der Waals surface area contributed by atoms with Crippen molar-refractivity contribution in [1.29, 1.82) is 0 Å². The molecule has 4 rings (SSSR count). The summed E-state index contributed by atoms with van der Waals surface area (Å²) in [5.41, 5.74) is 0.338. The van der Waals surface area contributed by atoms with E-state index >= 15 is 0 Å². The van der Waals surface area contributed by atoms with Crippen molar-refractivity contribution >= 4 is 15.9 Å². The van der Waals surface area contributed by atoms with Crippen LogP contribution in [-0.4, -0.2) is 73.0 Å². The van der Waals surface area contributed by atoms with Crippen LogP contribution < -0.4 is 4.74 Å². The zero-order chi connectivity index (χ0) is 21.5. The number of carbonyl (C=O) groups excluding carboxylic acids is 1. The number of benzene rings is 1. The number of aromatic amines is 1. The molecule has 2 aliphatic rings. The zero-order valence-electron chi connectivity index (χ0n) is 17.5. The number of nitrogens with zero attached hydrogens (tertiary/aromatic N) is 4. The molecular formula is C20H27N5O4S. The molecule has 1 aromatic carbocycles. The molecule has 9 nitrogen and oxygen atoms in total. The predicted molar refractivity (Wildman–Crippen MR) is 110 cm³/mol. The number of H-pyrrole nitrogens is 1. The van der Waals surface area contributed by atoms with Crippen LogP contribution in [0.5, 0.6) is 5.75 Å². The lowest BCUT2D eigenvalue weighted by molar-refractivity contribution is 0.0711. The number of ether oxygens (including phenoxy) is 1. The number of nitrogens with one attached hydrogen (secondary N) is 1. The van der Waals surface area contributed by atoms with Gasteiger partial charge in [0.15, 0.2) is 5.82 Å². The summed E-state index contributed by atoms with van der Waals surface area (Å²) in [5.74, 6) is 2.64. The topological polar surface area (TPSA) is 108 Å². The molecule has 2 aromatic rings. The van der Waals surface area contributed by atoms with Crippen molar-refractivity contribution in [2.45, 2.75) is 42.4 Å². The number of carbonyl (C=O) groups is 1. The minimum atomic E-state index is -3.73. The summed E-state index contributed by atoms with van der Waals surface area (Å²) in [6, 6.07) is 4.55. The van der Waals surface area contributed by atoms with Gasteiger partial charge >= 0.3 is 0 Å². The van der Waals surface area contributed by atoms with Gasteiger partial charge in [-0.15, -0.1) is 0 Å². The smallest absolute Gasteiger partial charge is 0.253 e. The second-order valence-corrected chi connectivity index (χ2v) is 10.2. The normalized spacial score (nSPS) is 18.1. The lowest BCUT2D eigenvalue weighted by atomic mass is 9.95. The Morgan fingerprint density at radius 2 is 1.87 bits per heavy atom. The van der Waals surface area contributed by atoms with Gasteiger partial charge in [-0.2, -0.15) is 5.10 Å². The highest BCUT2D eigenvalue weighted by atomic mass is 32.2. The molecule has 1 amide bonds. The molecule has 2 heterocycles. The third kappa shape index (κ3) is 3.93. The Bertz CT molecular complexity index is 1040. The van der Waals surface area contributed by atoms with Crippen LogP contribution in [0.4, 0.5) is 0 Å². The molecule has 30 heavy (non-hydrogen) atoms. The van der Waals surface area contributed by atoms with Crippen LogP contribution in [0.3, 0.4) is 0 Å². The molecule has 10 heteroatoms. The van der Waals surface area contributed by atoms with Gasteiger partial charge in [-0.1, -0.05) is 0 Å². The zero-order valence-corrected chi connectivity index (χ0v) is 18.3. The van der Waals surface area contributed by atoms with Crippen LogP contribution in [0.25, 0.3) is 0 Å². The molecule has 0 atom stereocenters. The van der Waals surface area contributed by atoms with E-state index in [1.54, 1.807) is 11.0 Å². The van der Waals surface area contributed by atoms with Crippen molar-refractivity contribution < 1.29 is 17.9 Å². The fourth-order valence-electron chi connectivity index (χ4n) is 3.74. The van der Waals surface area contributed by atoms with Gasteiger partial charge in [-0.05, 0) is 43.9 Å². The predicted octanol–water partition coefficient (Wildman–Crippen LogP) is 1.96. The summed E-state index contributed by atoms with van der Waals surface area (Å²) < 4.78 is 31.6. The molecule has 1 saturated heterocycles. The third-order valence-corrected chi connectivity index (χ3v) is 7.64. The van der Waals surface area contributed by atoms with Crippen LogP contribution in [-0.2, 0) is 10.0 Å². The van der Waals surface area contributed by atoms with Gasteiger partial charge in [0, 0.05) is 44.6 Å². The molecule has 2 fully saturated rings. The maximum Gasteiger partial charge on any atom is 0.253 e. The van der Waals surface area contributed by atoms with Crippen molar-refractivity contribution in [1.82, 2.24) is 24.4 Å². The minimum absolute atomic E-state index is 0.00926. The van der Waals surface area contributed by atoms with Crippen molar-refractivity contribution in [3.05, 3.63) is 35.4 Å². The fraction of sp³-hybridized carbons (Fsp3) is 0.550. The number of piperidine rings is 1. The number of sulfonamides is 1. The van der Waals surface area contributed by atoms with Gasteiger partial charge in [0.2, 0.25) is 10.0 Å². The second kappa shape index (κ2) is 7.99. The number of likely N-dealkylation sites (tertiary alicyclic amines) is 1. The molecule has 1 aliphatic heterocycles. The van der Waals surface area contributed by atoms with Crippen molar-refractivity contribution in [3.8, 4) is 5.75 Å². The lowest BCUT2D eigenvalue weighted by Gasteiger charge is -2.31. The molecule has 0 unspecified atom stereocenters. The van der Waals surface area contributed by atoms with Gasteiger partial charge in [0.05, 0.1) is 7.11 Å². The van der Waals surface area contributed by atoms with Crippen LogP contribution in [0, 0.1) is 0 Å². The minimum Gasteiger partial charge on any atom is -0.495 e. The quantitative estimate of drug-likeness (QED) is 0.746. The van der Waals surface area contributed by atoms with Gasteiger partial charge < -0.3 is 9.64 Å². The summed E-state index contributed by atoms with van der Waals surface area (Å²) in [6.07, 6.45) is 3.92. The standard InChI is InChI=1S/C20H27N5O4S/c1-24(2)30(27,28)17-12-15(6-7-16(17)29-3)20(26)25-10-8-14(9-11-25)19-21-18(22-23-19)13-4-5-13/h6-7,12-14H,4-5,8-11H2,1-3H3,(H,21,22,23). The SMILES string of the molecule is COc1ccc(C(=O)N2CCC(c3nc(C4CC4)n[nH]3)CC2)cc1S(=O)(=O)N(C)C. The number of rotatable bonds is 6. The van der Waals surface area contributed by atoms with E-state index < -0.39 is 10.0 Å². The number of aromatic nitrogens is 3. The van der Waals surface area contributed by atoms with Crippen molar-refractivity contribution in [3.63, 3.8) is 0 Å². The van der Waals surface area contributed by atoms with Crippen LogP contribution >= 0.6 is 0 Å². The highest BCUT2D eigenvalue weighted by Gasteiger charge is 2.31. The average molecular weight is 434 g/mol. The summed E-state index contributed by atoms with van der Waals surface area (Å²) in [5, 5.41) is 7.40. The maximum atomic E-state index is 13.0. The first-order chi connectivity index (χ1) is 14.3. The van der Waals surface area contributed by atoms with E-state index in [2.05, 4.69) is 15.2 Å². The van der Waals surface area contributed by atoms with E-state index in [1.807, 2.05) is 0 Å². The highest BCUT2D eigenvalue weighted by Crippen LogP contribution is 2.38. The summed E-state index contributed by atoms with van der Waals surface area (Å²) in [7, 11) is 0.580. The number of amides is 1. The van der Waals surface area contributed by atoms with Gasteiger partial charge in [-0.3, -0.25) is 9.89 Å². The molecular weight excluding hydrogens is 406 g/mol. The van der Waals surface area contributed by atoms with E-state index in [0.29, 0.717) is 24.6 Å². The van der Waals surface area contributed by atoms with E-state index in [0.717, 1.165) is 41.6 Å². The molecule has 1 aliphatic carbocycles. The third-order valence-electron chi connectivity index (χ3n) is 5.80. The first kappa shape index (κ1) is 20.8. The first-order valence-electron chi connectivity index (χ1n) is 10.1. The largest absolute Gasteiger partial charge is 0.495 e. The molecule has 0 bridgehead atoms. The number of methoxy groups -OCH3 is 1. The molecule has 0 spiro atoms. The number of hydrogen-bond acceptors (Lipinski definition) is 6. The summed E-state index contributed by atoms with van der Waals surface area (Å²) in [4.78, 5) is 19.4. The summed E-state index contributed by atoms with van der Waals surface area (Å²) >= 11 is 0. The maximum absolute atomic E-state index is 13.0. The van der Waals surface area contributed by atoms with Crippen LogP contribution in [0.1, 0.15) is 59.5 Å². The van der Waals surface area contributed by atoms with Crippen LogP contribution in [0.2, 0.25) is 0 Å². The Kier molecular flexibility index (Phi) is 5.54. The van der Waals surface area contributed by atoms with E-state index in [1.165, 1.54) is 33.3 Å².